The van der Waals surface area contributed by atoms with Gasteiger partial charge in [-0.3, -0.25) is 4.79 Å². The molecule has 0 aromatic carbocycles. The molecule has 0 aromatic rings. The normalized spacial score (nSPS) is 20.3. The average Bonchev–Trinajstić information content (AvgIpc) is 2.90. The lowest BCUT2D eigenvalue weighted by Crippen LogP contribution is -2.54. The van der Waals surface area contributed by atoms with E-state index in [2.05, 4.69) is 5.32 Å². The molecule has 0 aliphatic carbocycles. The third-order valence-electron chi connectivity index (χ3n) is 4.11. The van der Waals surface area contributed by atoms with E-state index in [1.165, 1.54) is 0 Å². The fraction of sp³-hybridized carbons (Fsp3) is 0.789. The summed E-state index contributed by atoms with van der Waals surface area (Å²) in [4.78, 5) is 50.5. The van der Waals surface area contributed by atoms with Crippen LogP contribution in [-0.2, 0) is 14.3 Å². The number of carbonyl (C=O) groups excluding carboxylic acids is 3. The van der Waals surface area contributed by atoms with Crippen LogP contribution >= 0.6 is 0 Å². The molecule has 0 saturated carbocycles. The van der Waals surface area contributed by atoms with Gasteiger partial charge in [0, 0.05) is 12.6 Å². The predicted octanol–water partition coefficient (Wildman–Crippen LogP) is 1.78. The van der Waals surface area contributed by atoms with Crippen molar-refractivity contribution in [3.05, 3.63) is 0 Å². The van der Waals surface area contributed by atoms with Crippen LogP contribution in [-0.4, -0.2) is 86.7 Å². The molecule has 0 unspecified atom stereocenters. The summed E-state index contributed by atoms with van der Waals surface area (Å²) in [6.07, 6.45) is -4.55. The molecule has 3 atom stereocenters. The number of hydrogen-bond donors (Lipinski definition) is 3. The molecule has 4 amide bonds. The van der Waals surface area contributed by atoms with Crippen LogP contribution in [0.15, 0.2) is 0 Å². The fourth-order valence-electron chi connectivity index (χ4n) is 2.93. The van der Waals surface area contributed by atoms with Gasteiger partial charge in [0.2, 0.25) is 0 Å². The zero-order valence-electron chi connectivity index (χ0n) is 18.6. The van der Waals surface area contributed by atoms with Gasteiger partial charge in [0.1, 0.15) is 11.2 Å². The largest absolute Gasteiger partial charge is 0.465 e. The number of aliphatic hydroxyl groups excluding tert-OH is 1. The maximum atomic E-state index is 12.9. The maximum absolute atomic E-state index is 12.9. The molecule has 1 aliphatic heterocycles. The highest BCUT2D eigenvalue weighted by Gasteiger charge is 2.43. The number of nitrogens with one attached hydrogen (secondary N) is 1. The molecule has 0 aromatic heterocycles. The Morgan fingerprint density at radius 3 is 2.07 bits per heavy atom. The molecule has 3 N–H and O–H groups in total. The highest BCUT2D eigenvalue weighted by atomic mass is 16.6. The van der Waals surface area contributed by atoms with Gasteiger partial charge in [-0.1, -0.05) is 0 Å². The second-order valence-electron chi connectivity index (χ2n) is 9.26. The minimum absolute atomic E-state index is 0.103. The van der Waals surface area contributed by atoms with E-state index in [1.807, 2.05) is 0 Å². The van der Waals surface area contributed by atoms with E-state index in [0.29, 0.717) is 0 Å². The quantitative estimate of drug-likeness (QED) is 0.610. The molecule has 0 spiro atoms. The summed E-state index contributed by atoms with van der Waals surface area (Å²) < 4.78 is 10.3. The first-order valence-corrected chi connectivity index (χ1v) is 9.72. The standard InChI is InChI=1S/C19H33N3O8/c1-11-8-12(10-21(11)16(26)27)22(17(28)30-19(5,6)7)14(24)13(23)9-20-15(25)29-18(2,3)4/h11-13,23H,8-10H2,1-7H3,(H,20,25)(H,26,27)/t11-,12-,13+/m1/s1. The lowest BCUT2D eigenvalue weighted by atomic mass is 10.1. The highest BCUT2D eigenvalue weighted by Crippen LogP contribution is 2.24. The van der Waals surface area contributed by atoms with Gasteiger partial charge >= 0.3 is 18.3 Å². The maximum Gasteiger partial charge on any atom is 0.417 e. The summed E-state index contributed by atoms with van der Waals surface area (Å²) in [5.74, 6) is -0.996. The Labute approximate surface area is 176 Å². The number of rotatable bonds is 4. The molecule has 1 heterocycles. The summed E-state index contributed by atoms with van der Waals surface area (Å²) in [6, 6.07) is -1.24. The van der Waals surface area contributed by atoms with Crippen LogP contribution in [0.3, 0.4) is 0 Å². The minimum Gasteiger partial charge on any atom is -0.465 e. The average molecular weight is 431 g/mol. The van der Waals surface area contributed by atoms with Crippen molar-refractivity contribution in [2.24, 2.45) is 0 Å². The van der Waals surface area contributed by atoms with Crippen LogP contribution in [0, 0.1) is 0 Å². The first-order valence-electron chi connectivity index (χ1n) is 9.72. The third kappa shape index (κ3) is 7.69. The van der Waals surface area contributed by atoms with E-state index >= 15 is 0 Å². The molecule has 1 rings (SSSR count). The number of carbonyl (C=O) groups is 4. The Morgan fingerprint density at radius 2 is 1.63 bits per heavy atom. The second kappa shape index (κ2) is 9.50. The number of aliphatic hydroxyl groups is 1. The summed E-state index contributed by atoms with van der Waals surface area (Å²) >= 11 is 0. The van der Waals surface area contributed by atoms with Gasteiger partial charge in [-0.15, -0.1) is 0 Å². The van der Waals surface area contributed by atoms with Crippen LogP contribution in [0.5, 0.6) is 0 Å². The van der Waals surface area contributed by atoms with Crippen LogP contribution in [0.1, 0.15) is 54.9 Å². The number of likely N-dealkylation sites (tertiary alicyclic amines) is 1. The van der Waals surface area contributed by atoms with E-state index in [0.717, 1.165) is 9.80 Å². The van der Waals surface area contributed by atoms with Crippen molar-refractivity contribution >= 4 is 24.2 Å². The Hall–Kier alpha value is -2.56. The molecule has 11 nitrogen and oxygen atoms in total. The molecule has 0 radical (unpaired) electrons. The summed E-state index contributed by atoms with van der Waals surface area (Å²) in [7, 11) is 0. The predicted molar refractivity (Wildman–Crippen MR) is 106 cm³/mol. The van der Waals surface area contributed by atoms with Crippen molar-refractivity contribution in [3.63, 3.8) is 0 Å². The highest BCUT2D eigenvalue weighted by molar-refractivity contribution is 5.95. The lowest BCUT2D eigenvalue weighted by Gasteiger charge is -2.31. The van der Waals surface area contributed by atoms with Gasteiger partial charge in [0.15, 0.2) is 6.10 Å². The van der Waals surface area contributed by atoms with Gasteiger partial charge in [-0.2, -0.15) is 0 Å². The molecule has 172 valence electrons. The first-order chi connectivity index (χ1) is 13.5. The van der Waals surface area contributed by atoms with Crippen molar-refractivity contribution in [3.8, 4) is 0 Å². The topological polar surface area (TPSA) is 146 Å². The van der Waals surface area contributed by atoms with Crippen molar-refractivity contribution in [1.29, 1.82) is 0 Å². The van der Waals surface area contributed by atoms with E-state index in [9.17, 15) is 29.4 Å². The molecule has 1 aliphatic rings. The fourth-order valence-corrected chi connectivity index (χ4v) is 2.93. The van der Waals surface area contributed by atoms with E-state index in [1.54, 1.807) is 48.5 Å². The van der Waals surface area contributed by atoms with Crippen molar-refractivity contribution in [1.82, 2.24) is 15.1 Å². The van der Waals surface area contributed by atoms with Crippen molar-refractivity contribution in [2.45, 2.75) is 84.3 Å². The van der Waals surface area contributed by atoms with Crippen LogP contribution in [0.25, 0.3) is 0 Å². The molecule has 0 bridgehead atoms. The monoisotopic (exact) mass is 431 g/mol. The van der Waals surface area contributed by atoms with E-state index in [-0.39, 0.29) is 13.0 Å². The number of ether oxygens (including phenoxy) is 2. The van der Waals surface area contributed by atoms with Crippen molar-refractivity contribution < 1.29 is 38.9 Å². The summed E-state index contributed by atoms with van der Waals surface area (Å²) in [5.41, 5.74) is -1.67. The molecule has 30 heavy (non-hydrogen) atoms. The molecule has 11 heteroatoms. The van der Waals surface area contributed by atoms with Gasteiger partial charge in [0.05, 0.1) is 12.6 Å². The second-order valence-corrected chi connectivity index (χ2v) is 9.26. The first kappa shape index (κ1) is 25.5. The number of carboxylic acid groups (broad SMARTS) is 1. The smallest absolute Gasteiger partial charge is 0.417 e. The van der Waals surface area contributed by atoms with Crippen molar-refractivity contribution in [2.75, 3.05) is 13.1 Å². The molecule has 1 saturated heterocycles. The zero-order valence-corrected chi connectivity index (χ0v) is 18.6. The summed E-state index contributed by atoms with van der Waals surface area (Å²) in [5, 5.41) is 21.8. The molecular formula is C19H33N3O8. The zero-order chi connectivity index (χ0) is 23.4. The van der Waals surface area contributed by atoms with E-state index in [4.69, 9.17) is 9.47 Å². The molecular weight excluding hydrogens is 398 g/mol. The third-order valence-corrected chi connectivity index (χ3v) is 4.11. The minimum atomic E-state index is -1.75. The van der Waals surface area contributed by atoms with E-state index < -0.39 is 60.1 Å². The Kier molecular flexibility index (Phi) is 8.07. The SMILES string of the molecule is C[C@@H]1C[C@@H](N(C(=O)OC(C)(C)C)C(=O)[C@@H](O)CNC(=O)OC(C)(C)C)CN1C(=O)O. The van der Waals surface area contributed by atoms with Crippen LogP contribution < -0.4 is 5.32 Å². The Morgan fingerprint density at radius 1 is 1.10 bits per heavy atom. The number of imide groups is 1. The number of hydrogen-bond acceptors (Lipinski definition) is 7. The van der Waals surface area contributed by atoms with Crippen LogP contribution in [0.4, 0.5) is 14.4 Å². The lowest BCUT2D eigenvalue weighted by molar-refractivity contribution is -0.140. The van der Waals surface area contributed by atoms with Gasteiger partial charge in [-0.25, -0.2) is 19.3 Å². The van der Waals surface area contributed by atoms with Gasteiger partial charge < -0.3 is 29.9 Å². The van der Waals surface area contributed by atoms with Gasteiger partial charge in [0.25, 0.3) is 5.91 Å². The number of nitrogens with zero attached hydrogens (tertiary/aromatic N) is 2. The Balaban J connectivity index is 2.95. The molecule has 1 fully saturated rings. The number of amides is 4. The summed E-state index contributed by atoms with van der Waals surface area (Å²) in [6.45, 7) is 10.9. The number of alkyl carbamates (subject to hydrolysis) is 1. The van der Waals surface area contributed by atoms with Crippen LogP contribution in [0.2, 0.25) is 0 Å². The van der Waals surface area contributed by atoms with Gasteiger partial charge in [-0.05, 0) is 54.9 Å². The Bertz CT molecular complexity index is 668.